The maximum Gasteiger partial charge on any atom is 0.411 e. The predicted molar refractivity (Wildman–Crippen MR) is 129 cm³/mol. The number of aromatic nitrogens is 1. The molecule has 0 aliphatic rings. The van der Waals surface area contributed by atoms with E-state index in [2.05, 4.69) is 10.5 Å². The van der Waals surface area contributed by atoms with Gasteiger partial charge < -0.3 is 5.11 Å². The molecule has 33 heavy (non-hydrogen) atoms. The van der Waals surface area contributed by atoms with Gasteiger partial charge in [0.05, 0.1) is 11.4 Å². The Morgan fingerprint density at radius 1 is 1.18 bits per heavy atom. The van der Waals surface area contributed by atoms with Crippen LogP contribution >= 0.6 is 34.5 Å². The van der Waals surface area contributed by atoms with Gasteiger partial charge in [0.1, 0.15) is 11.1 Å². The van der Waals surface area contributed by atoms with Crippen LogP contribution in [-0.2, 0) is 10.2 Å². The van der Waals surface area contributed by atoms with E-state index < -0.39 is 23.1 Å². The molecule has 0 unspecified atom stereocenters. The number of rotatable bonds is 6. The highest BCUT2D eigenvalue weighted by atomic mass is 35.5. The van der Waals surface area contributed by atoms with E-state index in [-0.39, 0.29) is 0 Å². The van der Waals surface area contributed by atoms with E-state index in [0.717, 1.165) is 16.3 Å². The molecule has 1 aromatic heterocycles. The van der Waals surface area contributed by atoms with Crippen LogP contribution in [0.2, 0.25) is 10.0 Å². The van der Waals surface area contributed by atoms with Gasteiger partial charge in [-0.15, -0.1) is 11.3 Å². The molecule has 3 aromatic rings. The first kappa shape index (κ1) is 24.2. The Balaban J connectivity index is 1.89. The van der Waals surface area contributed by atoms with Crippen molar-refractivity contribution in [3.63, 3.8) is 0 Å². The van der Waals surface area contributed by atoms with Crippen molar-refractivity contribution in [1.82, 2.24) is 10.3 Å². The van der Waals surface area contributed by atoms with E-state index in [9.17, 15) is 9.59 Å². The van der Waals surface area contributed by atoms with Crippen LogP contribution in [0.3, 0.4) is 0 Å². The third-order valence-corrected chi connectivity index (χ3v) is 6.38. The van der Waals surface area contributed by atoms with E-state index >= 15 is 0 Å². The number of thiazole rings is 1. The zero-order chi connectivity index (χ0) is 24.2. The van der Waals surface area contributed by atoms with Crippen molar-refractivity contribution in [2.75, 3.05) is 5.43 Å². The van der Waals surface area contributed by atoms with Crippen LogP contribution < -0.4 is 10.7 Å². The molecular weight excluding hydrogens is 485 g/mol. The Bertz CT molecular complexity index is 1260. The lowest BCUT2D eigenvalue weighted by atomic mass is 9.85. The van der Waals surface area contributed by atoms with Gasteiger partial charge >= 0.3 is 6.09 Å². The predicted octanol–water partition coefficient (Wildman–Crippen LogP) is 5.53. The van der Waals surface area contributed by atoms with Crippen molar-refractivity contribution in [3.8, 4) is 17.3 Å². The molecule has 168 valence electrons. The Hall–Kier alpha value is -3.45. The topological polar surface area (TPSA) is 127 Å². The Morgan fingerprint density at radius 3 is 2.39 bits per heavy atom. The highest BCUT2D eigenvalue weighted by Gasteiger charge is 2.32. The first-order chi connectivity index (χ1) is 15.6. The van der Waals surface area contributed by atoms with Gasteiger partial charge in [0.2, 0.25) is 5.71 Å². The average molecular weight is 502 g/mol. The summed E-state index contributed by atoms with van der Waals surface area (Å²) in [7, 11) is 0. The molecule has 0 atom stereocenters. The first-order valence-corrected chi connectivity index (χ1v) is 11.1. The van der Waals surface area contributed by atoms with Gasteiger partial charge in [0, 0.05) is 32.0 Å². The summed E-state index contributed by atoms with van der Waals surface area (Å²) in [5.74, 6) is -1.16. The number of carbonyl (C=O) groups is 2. The lowest BCUT2D eigenvalue weighted by molar-refractivity contribution is -0.114. The molecule has 2 amide bonds. The minimum atomic E-state index is -1.60. The summed E-state index contributed by atoms with van der Waals surface area (Å²) < 4.78 is 0. The van der Waals surface area contributed by atoms with Crippen LogP contribution in [0.25, 0.3) is 11.3 Å². The maximum atomic E-state index is 11.6. The third kappa shape index (κ3) is 5.49. The summed E-state index contributed by atoms with van der Waals surface area (Å²) in [6, 6.07) is 14.4. The van der Waals surface area contributed by atoms with Gasteiger partial charge in [0.15, 0.2) is 0 Å². The van der Waals surface area contributed by atoms with Gasteiger partial charge in [-0.25, -0.2) is 9.78 Å². The van der Waals surface area contributed by atoms with Crippen molar-refractivity contribution in [1.29, 1.82) is 5.26 Å². The molecule has 0 fully saturated rings. The SMILES string of the molecule is CC(C)(c1nc(-c2ccccc2)cs1)c1c(Cl)cc(N/N=C(\C#N)C(=O)NC(=O)O)cc1Cl. The number of hydrogen-bond donors (Lipinski definition) is 3. The smallest absolute Gasteiger partial charge is 0.411 e. The molecule has 3 N–H and O–H groups in total. The quantitative estimate of drug-likeness (QED) is 0.301. The van der Waals surface area contributed by atoms with Crippen LogP contribution in [-0.4, -0.2) is 27.8 Å². The summed E-state index contributed by atoms with van der Waals surface area (Å²) in [6.45, 7) is 3.92. The summed E-state index contributed by atoms with van der Waals surface area (Å²) in [6.07, 6.45) is -1.60. The molecule has 0 spiro atoms. The average Bonchev–Trinajstić information content (AvgIpc) is 3.25. The number of imide groups is 1. The van der Waals surface area contributed by atoms with Crippen LogP contribution in [0, 0.1) is 11.3 Å². The number of carbonyl (C=O) groups excluding carboxylic acids is 1. The zero-order valence-corrected chi connectivity index (χ0v) is 19.7. The fraction of sp³-hybridized carbons (Fsp3) is 0.136. The number of benzene rings is 2. The van der Waals surface area contributed by atoms with E-state index in [4.69, 9.17) is 38.6 Å². The second kappa shape index (κ2) is 10.0. The minimum absolute atomic E-state index is 0.310. The summed E-state index contributed by atoms with van der Waals surface area (Å²) in [4.78, 5) is 27.0. The number of halogens is 2. The fourth-order valence-electron chi connectivity index (χ4n) is 3.05. The minimum Gasteiger partial charge on any atom is -0.465 e. The monoisotopic (exact) mass is 501 g/mol. The van der Waals surface area contributed by atoms with Crippen LogP contribution in [0.5, 0.6) is 0 Å². The van der Waals surface area contributed by atoms with E-state index in [1.807, 2.05) is 49.6 Å². The summed E-state index contributed by atoms with van der Waals surface area (Å²) >= 11 is 14.6. The number of amides is 2. The van der Waals surface area contributed by atoms with E-state index in [1.54, 1.807) is 17.4 Å². The van der Waals surface area contributed by atoms with Crippen molar-refractivity contribution in [2.24, 2.45) is 5.10 Å². The normalized spacial score (nSPS) is 11.5. The molecule has 3 rings (SSSR count). The van der Waals surface area contributed by atoms with Crippen molar-refractivity contribution < 1.29 is 14.7 Å². The number of nitriles is 1. The molecule has 0 aliphatic heterocycles. The standard InChI is InChI=1S/C22H17Cl2N5O3S/c1-22(2,20-26-17(11-33-20)12-6-4-3-5-7-12)18-14(23)8-13(9-15(18)24)28-29-16(10-25)19(30)27-21(31)32/h3-9,11,28H,1-2H3,(H,27,30)(H,31,32)/b29-16+. The van der Waals surface area contributed by atoms with Gasteiger partial charge in [-0.1, -0.05) is 53.5 Å². The molecule has 0 saturated carbocycles. The molecule has 8 nitrogen and oxygen atoms in total. The van der Waals surface area contributed by atoms with Crippen molar-refractivity contribution >= 4 is 57.9 Å². The Labute approximate surface area is 203 Å². The van der Waals surface area contributed by atoms with E-state index in [0.29, 0.717) is 21.3 Å². The Morgan fingerprint density at radius 2 is 1.82 bits per heavy atom. The van der Waals surface area contributed by atoms with Crippen molar-refractivity contribution in [2.45, 2.75) is 19.3 Å². The van der Waals surface area contributed by atoms with E-state index in [1.165, 1.54) is 17.4 Å². The molecule has 0 bridgehead atoms. The number of hydrogen-bond acceptors (Lipinski definition) is 7. The zero-order valence-electron chi connectivity index (χ0n) is 17.4. The largest absolute Gasteiger partial charge is 0.465 e. The second-order valence-corrected chi connectivity index (χ2v) is 8.96. The highest BCUT2D eigenvalue weighted by molar-refractivity contribution is 7.10. The number of nitrogens with one attached hydrogen (secondary N) is 2. The first-order valence-electron chi connectivity index (χ1n) is 9.42. The molecule has 0 saturated heterocycles. The maximum absolute atomic E-state index is 11.6. The van der Waals surface area contributed by atoms with Crippen LogP contribution in [0.4, 0.5) is 10.5 Å². The number of carboxylic acid groups (broad SMARTS) is 1. The molecule has 2 aromatic carbocycles. The highest BCUT2D eigenvalue weighted by Crippen LogP contribution is 2.43. The molecule has 1 heterocycles. The number of hydrazone groups is 1. The summed E-state index contributed by atoms with van der Waals surface area (Å²) in [5, 5.41) is 26.3. The molecular formula is C22H17Cl2N5O3S. The summed E-state index contributed by atoms with van der Waals surface area (Å²) in [5.41, 5.74) is 4.03. The van der Waals surface area contributed by atoms with Gasteiger partial charge in [-0.3, -0.25) is 15.5 Å². The van der Waals surface area contributed by atoms with Crippen molar-refractivity contribution in [3.05, 3.63) is 68.5 Å². The van der Waals surface area contributed by atoms with Crippen LogP contribution in [0.1, 0.15) is 24.4 Å². The lowest BCUT2D eigenvalue weighted by Gasteiger charge is -2.25. The fourth-order valence-corrected chi connectivity index (χ4v) is 4.97. The van der Waals surface area contributed by atoms with Gasteiger partial charge in [0.25, 0.3) is 5.91 Å². The number of anilines is 1. The van der Waals surface area contributed by atoms with Gasteiger partial charge in [-0.2, -0.15) is 10.4 Å². The number of nitrogens with zero attached hydrogens (tertiary/aromatic N) is 3. The molecule has 0 radical (unpaired) electrons. The lowest BCUT2D eigenvalue weighted by Crippen LogP contribution is -2.34. The third-order valence-electron chi connectivity index (χ3n) is 4.61. The molecule has 0 aliphatic carbocycles. The second-order valence-electron chi connectivity index (χ2n) is 7.29. The molecule has 11 heteroatoms. The Kier molecular flexibility index (Phi) is 7.33. The van der Waals surface area contributed by atoms with Gasteiger partial charge in [-0.05, 0) is 26.0 Å². The van der Waals surface area contributed by atoms with Crippen LogP contribution in [0.15, 0.2) is 52.9 Å².